The third-order valence-electron chi connectivity index (χ3n) is 2.12. The lowest BCUT2D eigenvalue weighted by Gasteiger charge is -2.01. The lowest BCUT2D eigenvalue weighted by atomic mass is 10.2. The molecule has 1 aromatic carbocycles. The Morgan fingerprint density at radius 3 is 2.29 bits per heavy atom. The standard InChI is InChI=1S/C11H8F3NO2/c1-16-8-4-2-7(3-5-8)9-6-15-10(17-9)11(12,13)14/h2-6H,1H3. The Morgan fingerprint density at radius 1 is 1.18 bits per heavy atom. The van der Waals surface area contributed by atoms with Gasteiger partial charge in [-0.05, 0) is 24.3 Å². The minimum Gasteiger partial charge on any atom is -0.497 e. The number of nitrogens with zero attached hydrogens (tertiary/aromatic N) is 1. The maximum atomic E-state index is 12.3. The molecule has 2 aromatic rings. The maximum absolute atomic E-state index is 12.3. The summed E-state index contributed by atoms with van der Waals surface area (Å²) in [5, 5.41) is 0. The number of aromatic nitrogens is 1. The summed E-state index contributed by atoms with van der Waals surface area (Å²) in [6.45, 7) is 0. The maximum Gasteiger partial charge on any atom is 0.468 e. The zero-order valence-electron chi connectivity index (χ0n) is 8.78. The minimum atomic E-state index is -4.56. The highest BCUT2D eigenvalue weighted by Crippen LogP contribution is 2.31. The first-order valence-corrected chi connectivity index (χ1v) is 4.68. The molecule has 1 aromatic heterocycles. The van der Waals surface area contributed by atoms with Crippen LogP contribution in [0.1, 0.15) is 5.89 Å². The largest absolute Gasteiger partial charge is 0.497 e. The minimum absolute atomic E-state index is 0.0694. The fourth-order valence-corrected chi connectivity index (χ4v) is 1.29. The summed E-state index contributed by atoms with van der Waals surface area (Å²) in [5.74, 6) is -0.562. The van der Waals surface area contributed by atoms with E-state index in [0.29, 0.717) is 11.3 Å². The number of methoxy groups -OCH3 is 1. The van der Waals surface area contributed by atoms with Crippen molar-refractivity contribution in [2.45, 2.75) is 6.18 Å². The average Bonchev–Trinajstić information content (AvgIpc) is 2.78. The molecular weight excluding hydrogens is 235 g/mol. The number of benzene rings is 1. The smallest absolute Gasteiger partial charge is 0.468 e. The van der Waals surface area contributed by atoms with Crippen molar-refractivity contribution in [3.63, 3.8) is 0 Å². The number of rotatable bonds is 2. The van der Waals surface area contributed by atoms with Crippen LogP contribution < -0.4 is 4.74 Å². The van der Waals surface area contributed by atoms with Crippen molar-refractivity contribution in [2.75, 3.05) is 7.11 Å². The van der Waals surface area contributed by atoms with Gasteiger partial charge in [0.15, 0.2) is 5.76 Å². The second-order valence-electron chi connectivity index (χ2n) is 3.26. The molecule has 0 saturated heterocycles. The zero-order chi connectivity index (χ0) is 12.5. The van der Waals surface area contributed by atoms with Crippen LogP contribution in [-0.4, -0.2) is 12.1 Å². The monoisotopic (exact) mass is 243 g/mol. The number of halogens is 3. The molecule has 90 valence electrons. The van der Waals surface area contributed by atoms with Gasteiger partial charge in [-0.25, -0.2) is 4.98 Å². The summed E-state index contributed by atoms with van der Waals surface area (Å²) in [5.41, 5.74) is 0.508. The first-order valence-electron chi connectivity index (χ1n) is 4.68. The first kappa shape index (κ1) is 11.5. The molecule has 0 fully saturated rings. The van der Waals surface area contributed by atoms with Crippen LogP contribution in [0.3, 0.4) is 0 Å². The highest BCUT2D eigenvalue weighted by molar-refractivity contribution is 5.57. The topological polar surface area (TPSA) is 35.3 Å². The highest BCUT2D eigenvalue weighted by Gasteiger charge is 2.37. The van der Waals surface area contributed by atoms with Crippen molar-refractivity contribution in [2.24, 2.45) is 0 Å². The van der Waals surface area contributed by atoms with E-state index in [4.69, 9.17) is 4.74 Å². The fourth-order valence-electron chi connectivity index (χ4n) is 1.29. The van der Waals surface area contributed by atoms with Gasteiger partial charge in [0.05, 0.1) is 13.3 Å². The van der Waals surface area contributed by atoms with Crippen molar-refractivity contribution in [3.8, 4) is 17.1 Å². The van der Waals surface area contributed by atoms with Gasteiger partial charge in [0.1, 0.15) is 5.75 Å². The summed E-state index contributed by atoms with van der Waals surface area (Å²) in [7, 11) is 1.51. The third-order valence-corrected chi connectivity index (χ3v) is 2.12. The zero-order valence-corrected chi connectivity index (χ0v) is 8.78. The van der Waals surface area contributed by atoms with Gasteiger partial charge in [0.2, 0.25) is 0 Å². The van der Waals surface area contributed by atoms with E-state index < -0.39 is 12.1 Å². The number of oxazole rings is 1. The SMILES string of the molecule is COc1ccc(-c2cnc(C(F)(F)F)o2)cc1. The Hall–Kier alpha value is -1.98. The molecule has 0 N–H and O–H groups in total. The molecule has 0 spiro atoms. The normalized spacial score (nSPS) is 11.5. The molecule has 0 unspecified atom stereocenters. The molecule has 0 aliphatic rings. The first-order chi connectivity index (χ1) is 8.00. The molecule has 0 atom stereocenters. The molecule has 0 saturated carbocycles. The Kier molecular flexibility index (Phi) is 2.79. The van der Waals surface area contributed by atoms with E-state index in [1.165, 1.54) is 7.11 Å². The van der Waals surface area contributed by atoms with E-state index in [9.17, 15) is 13.2 Å². The summed E-state index contributed by atoms with van der Waals surface area (Å²) in [6, 6.07) is 6.45. The van der Waals surface area contributed by atoms with Crippen molar-refractivity contribution in [1.82, 2.24) is 4.98 Å². The van der Waals surface area contributed by atoms with Gasteiger partial charge in [-0.15, -0.1) is 0 Å². The van der Waals surface area contributed by atoms with Gasteiger partial charge in [-0.2, -0.15) is 13.2 Å². The van der Waals surface area contributed by atoms with Gasteiger partial charge < -0.3 is 9.15 Å². The van der Waals surface area contributed by atoms with E-state index in [-0.39, 0.29) is 5.76 Å². The summed E-state index contributed by atoms with van der Waals surface area (Å²) in [6.07, 6.45) is -3.52. The van der Waals surface area contributed by atoms with Gasteiger partial charge in [0, 0.05) is 5.56 Å². The van der Waals surface area contributed by atoms with Crippen molar-refractivity contribution in [3.05, 3.63) is 36.4 Å². The molecule has 0 radical (unpaired) electrons. The molecule has 0 aliphatic carbocycles. The van der Waals surface area contributed by atoms with Gasteiger partial charge in [0.25, 0.3) is 0 Å². The number of hydrogen-bond donors (Lipinski definition) is 0. The molecular formula is C11H8F3NO2. The molecule has 6 heteroatoms. The Balaban J connectivity index is 2.30. The van der Waals surface area contributed by atoms with E-state index in [1.54, 1.807) is 24.3 Å². The average molecular weight is 243 g/mol. The highest BCUT2D eigenvalue weighted by atomic mass is 19.4. The van der Waals surface area contributed by atoms with Gasteiger partial charge >= 0.3 is 12.1 Å². The van der Waals surface area contributed by atoms with E-state index in [2.05, 4.69) is 9.40 Å². The predicted octanol–water partition coefficient (Wildman–Crippen LogP) is 3.37. The van der Waals surface area contributed by atoms with Crippen LogP contribution >= 0.6 is 0 Å². The molecule has 2 rings (SSSR count). The van der Waals surface area contributed by atoms with Crippen molar-refractivity contribution >= 4 is 0 Å². The molecule has 0 bridgehead atoms. The molecule has 0 aliphatic heterocycles. The Bertz CT molecular complexity index is 502. The Labute approximate surface area is 94.8 Å². The van der Waals surface area contributed by atoms with Crippen LogP contribution in [0.25, 0.3) is 11.3 Å². The molecule has 3 nitrogen and oxygen atoms in total. The van der Waals surface area contributed by atoms with E-state index in [0.717, 1.165) is 6.20 Å². The summed E-state index contributed by atoms with van der Waals surface area (Å²) in [4.78, 5) is 3.18. The second-order valence-corrected chi connectivity index (χ2v) is 3.26. The number of ether oxygens (including phenoxy) is 1. The lowest BCUT2D eigenvalue weighted by molar-refractivity contribution is -0.156. The predicted molar refractivity (Wildman–Crippen MR) is 53.5 cm³/mol. The third kappa shape index (κ3) is 2.41. The second kappa shape index (κ2) is 4.12. The Morgan fingerprint density at radius 2 is 1.82 bits per heavy atom. The fraction of sp³-hybridized carbons (Fsp3) is 0.182. The van der Waals surface area contributed by atoms with Crippen LogP contribution in [0.4, 0.5) is 13.2 Å². The van der Waals surface area contributed by atoms with Crippen LogP contribution in [0, 0.1) is 0 Å². The van der Waals surface area contributed by atoms with Gasteiger partial charge in [-0.3, -0.25) is 0 Å². The molecule has 1 heterocycles. The van der Waals surface area contributed by atoms with Crippen molar-refractivity contribution in [1.29, 1.82) is 0 Å². The van der Waals surface area contributed by atoms with Crippen LogP contribution in [0.15, 0.2) is 34.9 Å². The lowest BCUT2D eigenvalue weighted by Crippen LogP contribution is -2.04. The summed E-state index contributed by atoms with van der Waals surface area (Å²) >= 11 is 0. The molecule has 0 amide bonds. The van der Waals surface area contributed by atoms with Crippen LogP contribution in [0.2, 0.25) is 0 Å². The summed E-state index contributed by atoms with van der Waals surface area (Å²) < 4.78 is 46.3. The molecule has 17 heavy (non-hydrogen) atoms. The van der Waals surface area contributed by atoms with Crippen LogP contribution in [0.5, 0.6) is 5.75 Å². The number of alkyl halides is 3. The van der Waals surface area contributed by atoms with Gasteiger partial charge in [-0.1, -0.05) is 0 Å². The van der Waals surface area contributed by atoms with E-state index >= 15 is 0 Å². The van der Waals surface area contributed by atoms with E-state index in [1.807, 2.05) is 0 Å². The van der Waals surface area contributed by atoms with Crippen molar-refractivity contribution < 1.29 is 22.3 Å². The quantitative estimate of drug-likeness (QED) is 0.811. The van der Waals surface area contributed by atoms with Crippen LogP contribution in [-0.2, 0) is 6.18 Å². The number of hydrogen-bond acceptors (Lipinski definition) is 3.